The first-order valence-electron chi connectivity index (χ1n) is 7.34. The summed E-state index contributed by atoms with van der Waals surface area (Å²) in [5, 5.41) is 4.57. The van der Waals surface area contributed by atoms with Crippen molar-refractivity contribution in [1.82, 2.24) is 14.8 Å². The maximum atomic E-state index is 12.7. The van der Waals surface area contributed by atoms with Gasteiger partial charge < -0.3 is 14.0 Å². The highest BCUT2D eigenvalue weighted by molar-refractivity contribution is 6.63. The number of alkyl halides is 3. The van der Waals surface area contributed by atoms with Crippen LogP contribution in [0.15, 0.2) is 12.3 Å². The molecule has 0 radical (unpaired) electrons. The van der Waals surface area contributed by atoms with E-state index in [-0.39, 0.29) is 11.1 Å². The van der Waals surface area contributed by atoms with Crippen LogP contribution in [0.1, 0.15) is 27.7 Å². The minimum absolute atomic E-state index is 0.0754. The second-order valence-corrected chi connectivity index (χ2v) is 6.73. The number of ether oxygens (including phenoxy) is 1. The molecule has 3 rings (SSSR count). The van der Waals surface area contributed by atoms with Gasteiger partial charge in [-0.1, -0.05) is 0 Å². The Morgan fingerprint density at radius 1 is 1.17 bits per heavy atom. The van der Waals surface area contributed by atoms with Crippen molar-refractivity contribution >= 4 is 23.6 Å². The summed E-state index contributed by atoms with van der Waals surface area (Å²) < 4.78 is 55.4. The van der Waals surface area contributed by atoms with Gasteiger partial charge in [-0.05, 0) is 33.8 Å². The van der Waals surface area contributed by atoms with Crippen LogP contribution >= 0.6 is 0 Å². The SMILES string of the molecule is Cn1cc2cc(B3OC(C)(C)C(C)(C)O3)c(OC(F)(F)F)nc2n1. The number of fused-ring (bicyclic) bond motifs is 1. The van der Waals surface area contributed by atoms with Crippen LogP contribution in [0.5, 0.6) is 5.88 Å². The topological polar surface area (TPSA) is 58.4 Å². The number of hydrogen-bond donors (Lipinski definition) is 0. The molecule has 1 aliphatic heterocycles. The average Bonchev–Trinajstić information content (AvgIpc) is 2.82. The highest BCUT2D eigenvalue weighted by Gasteiger charge is 2.53. The molecule has 0 spiro atoms. The van der Waals surface area contributed by atoms with Gasteiger partial charge in [-0.15, -0.1) is 13.2 Å². The Morgan fingerprint density at radius 3 is 2.29 bits per heavy atom. The number of halogens is 3. The van der Waals surface area contributed by atoms with Crippen molar-refractivity contribution in [2.24, 2.45) is 7.05 Å². The number of aromatic nitrogens is 3. The third-order valence-electron chi connectivity index (χ3n) is 4.32. The molecule has 1 aliphatic rings. The Hall–Kier alpha value is -1.81. The average molecular weight is 343 g/mol. The summed E-state index contributed by atoms with van der Waals surface area (Å²) in [6.45, 7) is 7.25. The summed E-state index contributed by atoms with van der Waals surface area (Å²) >= 11 is 0. The van der Waals surface area contributed by atoms with Crippen LogP contribution in [0.25, 0.3) is 11.0 Å². The zero-order valence-corrected chi connectivity index (χ0v) is 13.9. The van der Waals surface area contributed by atoms with Gasteiger partial charge in [0, 0.05) is 24.1 Å². The Kier molecular flexibility index (Phi) is 3.61. The molecule has 0 atom stereocenters. The van der Waals surface area contributed by atoms with E-state index in [1.165, 1.54) is 10.7 Å². The van der Waals surface area contributed by atoms with Crippen molar-refractivity contribution in [2.45, 2.75) is 45.3 Å². The Balaban J connectivity index is 2.10. The molecule has 130 valence electrons. The quantitative estimate of drug-likeness (QED) is 0.783. The van der Waals surface area contributed by atoms with Crippen molar-refractivity contribution in [3.05, 3.63) is 12.3 Å². The van der Waals surface area contributed by atoms with Crippen LogP contribution in [0, 0.1) is 0 Å². The predicted octanol–water partition coefficient (Wildman–Crippen LogP) is 2.17. The van der Waals surface area contributed by atoms with Gasteiger partial charge in [0.25, 0.3) is 0 Å². The first kappa shape index (κ1) is 17.0. The normalized spacial score (nSPS) is 19.9. The van der Waals surface area contributed by atoms with Gasteiger partial charge >= 0.3 is 13.5 Å². The molecule has 2 aromatic heterocycles. The third-order valence-corrected chi connectivity index (χ3v) is 4.32. The molecule has 1 saturated heterocycles. The monoisotopic (exact) mass is 343 g/mol. The maximum Gasteiger partial charge on any atom is 0.574 e. The lowest BCUT2D eigenvalue weighted by atomic mass is 9.79. The molecule has 6 nitrogen and oxygen atoms in total. The third kappa shape index (κ3) is 2.95. The molecule has 24 heavy (non-hydrogen) atoms. The summed E-state index contributed by atoms with van der Waals surface area (Å²) in [5.41, 5.74) is -1.17. The molecular formula is C14H17BF3N3O3. The van der Waals surface area contributed by atoms with E-state index in [9.17, 15) is 13.2 Å². The number of hydrogen-bond acceptors (Lipinski definition) is 5. The van der Waals surface area contributed by atoms with Gasteiger partial charge in [0.15, 0.2) is 5.65 Å². The largest absolute Gasteiger partial charge is 0.574 e. The smallest absolute Gasteiger partial charge is 0.399 e. The van der Waals surface area contributed by atoms with E-state index >= 15 is 0 Å². The van der Waals surface area contributed by atoms with Gasteiger partial charge in [0.2, 0.25) is 5.88 Å². The molecule has 0 aliphatic carbocycles. The number of aryl methyl sites for hydroxylation is 1. The molecule has 0 N–H and O–H groups in total. The standard InChI is InChI=1S/C14H17BF3N3O3/c1-12(2)13(3,4)24-15(23-12)9-6-8-7-21(5)20-10(8)19-11(9)22-14(16,17)18/h6-7H,1-5H3. The van der Waals surface area contributed by atoms with Crippen LogP contribution in [0.3, 0.4) is 0 Å². The van der Waals surface area contributed by atoms with Gasteiger partial charge in [-0.2, -0.15) is 10.1 Å². The Labute approximate surface area is 137 Å². The molecule has 10 heteroatoms. The number of rotatable bonds is 2. The van der Waals surface area contributed by atoms with E-state index < -0.39 is 30.6 Å². The lowest BCUT2D eigenvalue weighted by molar-refractivity contribution is -0.275. The van der Waals surface area contributed by atoms with Crippen molar-refractivity contribution in [2.75, 3.05) is 0 Å². The second-order valence-electron chi connectivity index (χ2n) is 6.73. The van der Waals surface area contributed by atoms with E-state index in [0.717, 1.165) is 0 Å². The number of pyridine rings is 1. The summed E-state index contributed by atoms with van der Waals surface area (Å²) in [5.74, 6) is -0.618. The molecule has 0 unspecified atom stereocenters. The Morgan fingerprint density at radius 2 is 1.75 bits per heavy atom. The lowest BCUT2D eigenvalue weighted by Gasteiger charge is -2.32. The van der Waals surface area contributed by atoms with Gasteiger partial charge in [0.05, 0.1) is 11.2 Å². The predicted molar refractivity (Wildman–Crippen MR) is 80.9 cm³/mol. The van der Waals surface area contributed by atoms with E-state index in [4.69, 9.17) is 9.31 Å². The van der Waals surface area contributed by atoms with Gasteiger partial charge in [-0.3, -0.25) is 4.68 Å². The number of nitrogens with zero attached hydrogens (tertiary/aromatic N) is 3. The molecule has 0 bridgehead atoms. The van der Waals surface area contributed by atoms with Gasteiger partial charge in [-0.25, -0.2) is 0 Å². The molecule has 0 saturated carbocycles. The van der Waals surface area contributed by atoms with Crippen LogP contribution in [-0.2, 0) is 16.4 Å². The fraction of sp³-hybridized carbons (Fsp3) is 0.571. The molecule has 0 amide bonds. The summed E-state index contributed by atoms with van der Waals surface area (Å²) in [4.78, 5) is 3.89. The molecule has 1 fully saturated rings. The lowest BCUT2D eigenvalue weighted by Crippen LogP contribution is -2.41. The first-order chi connectivity index (χ1) is 10.9. The van der Waals surface area contributed by atoms with E-state index in [0.29, 0.717) is 5.39 Å². The highest BCUT2D eigenvalue weighted by atomic mass is 19.4. The summed E-state index contributed by atoms with van der Waals surface area (Å²) in [6, 6.07) is 1.50. The van der Waals surface area contributed by atoms with Crippen LogP contribution < -0.4 is 10.2 Å². The first-order valence-corrected chi connectivity index (χ1v) is 7.34. The van der Waals surface area contributed by atoms with Crippen molar-refractivity contribution in [3.8, 4) is 5.88 Å². The summed E-state index contributed by atoms with van der Waals surface area (Å²) in [6.07, 6.45) is -3.23. The van der Waals surface area contributed by atoms with Crippen molar-refractivity contribution in [3.63, 3.8) is 0 Å². The zero-order valence-electron chi connectivity index (χ0n) is 13.9. The fourth-order valence-electron chi connectivity index (χ4n) is 2.40. The van der Waals surface area contributed by atoms with E-state index in [2.05, 4.69) is 14.8 Å². The molecular weight excluding hydrogens is 326 g/mol. The fourth-order valence-corrected chi connectivity index (χ4v) is 2.40. The van der Waals surface area contributed by atoms with Crippen LogP contribution in [0.4, 0.5) is 13.2 Å². The molecule has 2 aromatic rings. The highest BCUT2D eigenvalue weighted by Crippen LogP contribution is 2.37. The van der Waals surface area contributed by atoms with Gasteiger partial charge in [0.1, 0.15) is 0 Å². The van der Waals surface area contributed by atoms with E-state index in [1.54, 1.807) is 13.2 Å². The molecule has 3 heterocycles. The van der Waals surface area contributed by atoms with E-state index in [1.807, 2.05) is 27.7 Å². The minimum atomic E-state index is -4.88. The molecule has 0 aromatic carbocycles. The van der Waals surface area contributed by atoms with Crippen LogP contribution in [-0.4, -0.2) is 39.4 Å². The second kappa shape index (κ2) is 5.09. The summed E-state index contributed by atoms with van der Waals surface area (Å²) in [7, 11) is 0.630. The van der Waals surface area contributed by atoms with Crippen LogP contribution in [0.2, 0.25) is 0 Å². The Bertz CT molecular complexity index is 773. The minimum Gasteiger partial charge on any atom is -0.399 e. The van der Waals surface area contributed by atoms with Crippen molar-refractivity contribution < 1.29 is 27.2 Å². The zero-order chi connectivity index (χ0) is 17.9. The van der Waals surface area contributed by atoms with Crippen molar-refractivity contribution in [1.29, 1.82) is 0 Å². The maximum absolute atomic E-state index is 12.7.